The molecule has 2 heterocycles. The van der Waals surface area contributed by atoms with Crippen LogP contribution >= 0.6 is 0 Å². The van der Waals surface area contributed by atoms with Crippen molar-refractivity contribution in [3.8, 4) is 0 Å². The van der Waals surface area contributed by atoms with Crippen LogP contribution in [0.5, 0.6) is 0 Å². The van der Waals surface area contributed by atoms with Crippen molar-refractivity contribution in [1.29, 1.82) is 0 Å². The van der Waals surface area contributed by atoms with Crippen LogP contribution in [-0.2, 0) is 13.0 Å². The van der Waals surface area contributed by atoms with Crippen LogP contribution in [0, 0.1) is 0 Å². The number of fused-ring (bicyclic) bond motifs is 1. The molecule has 4 rings (SSSR count). The van der Waals surface area contributed by atoms with E-state index in [2.05, 4.69) is 20.6 Å². The zero-order valence-corrected chi connectivity index (χ0v) is 14.2. The minimum Gasteiger partial charge on any atom is -0.344 e. The van der Waals surface area contributed by atoms with Gasteiger partial charge in [-0.2, -0.15) is 0 Å². The van der Waals surface area contributed by atoms with Gasteiger partial charge in [0.15, 0.2) is 5.69 Å². The quantitative estimate of drug-likeness (QED) is 0.751. The van der Waals surface area contributed by atoms with E-state index >= 15 is 0 Å². The van der Waals surface area contributed by atoms with Crippen LogP contribution in [-0.4, -0.2) is 25.9 Å². The van der Waals surface area contributed by atoms with Crippen LogP contribution < -0.4 is 10.9 Å². The minimum absolute atomic E-state index is 0.111. The summed E-state index contributed by atoms with van der Waals surface area (Å²) in [4.78, 5) is 26.9. The second-order valence-electron chi connectivity index (χ2n) is 6.46. The molecule has 26 heavy (non-hydrogen) atoms. The van der Waals surface area contributed by atoms with Crippen molar-refractivity contribution in [1.82, 2.24) is 25.3 Å². The van der Waals surface area contributed by atoms with Crippen molar-refractivity contribution in [3.05, 3.63) is 81.5 Å². The Kier molecular flexibility index (Phi) is 4.35. The molecule has 2 aromatic heterocycles. The van der Waals surface area contributed by atoms with Crippen LogP contribution in [0.25, 0.3) is 0 Å². The van der Waals surface area contributed by atoms with E-state index in [1.54, 1.807) is 16.9 Å². The van der Waals surface area contributed by atoms with E-state index in [9.17, 15) is 9.59 Å². The zero-order chi connectivity index (χ0) is 17.9. The molecule has 1 amide bonds. The van der Waals surface area contributed by atoms with E-state index in [0.717, 1.165) is 36.1 Å². The molecule has 3 aromatic rings. The summed E-state index contributed by atoms with van der Waals surface area (Å²) in [6.45, 7) is 0.564. The van der Waals surface area contributed by atoms with Crippen LogP contribution in [0.2, 0.25) is 0 Å². The number of aryl methyl sites for hydroxylation is 1. The number of hydrogen-bond acceptors (Lipinski definition) is 4. The van der Waals surface area contributed by atoms with Gasteiger partial charge in [-0.25, -0.2) is 4.68 Å². The maximum atomic E-state index is 12.6. The van der Waals surface area contributed by atoms with Gasteiger partial charge in [0.25, 0.3) is 5.91 Å². The number of aromatic nitrogens is 4. The van der Waals surface area contributed by atoms with Gasteiger partial charge < -0.3 is 10.3 Å². The van der Waals surface area contributed by atoms with Crippen molar-refractivity contribution in [2.75, 3.05) is 0 Å². The molecular weight excluding hydrogens is 330 g/mol. The van der Waals surface area contributed by atoms with Crippen LogP contribution in [0.15, 0.2) is 53.5 Å². The van der Waals surface area contributed by atoms with Gasteiger partial charge in [-0.15, -0.1) is 5.10 Å². The molecule has 0 saturated heterocycles. The Morgan fingerprint density at radius 3 is 2.92 bits per heavy atom. The molecule has 132 valence electrons. The molecule has 7 heteroatoms. The van der Waals surface area contributed by atoms with Gasteiger partial charge >= 0.3 is 0 Å². The summed E-state index contributed by atoms with van der Waals surface area (Å²) in [6, 6.07) is 13.1. The summed E-state index contributed by atoms with van der Waals surface area (Å²) in [5.74, 6) is -0.256. The lowest BCUT2D eigenvalue weighted by atomic mass is 9.91. The number of amides is 1. The second kappa shape index (κ2) is 6.95. The fraction of sp³-hybridized carbons (Fsp3) is 0.263. The predicted octanol–water partition coefficient (Wildman–Crippen LogP) is 1.82. The van der Waals surface area contributed by atoms with Gasteiger partial charge in [0, 0.05) is 11.8 Å². The first-order chi connectivity index (χ1) is 12.7. The lowest BCUT2D eigenvalue weighted by Gasteiger charge is -2.25. The highest BCUT2D eigenvalue weighted by molar-refractivity contribution is 5.92. The number of benzene rings is 1. The Balaban J connectivity index is 1.47. The average Bonchev–Trinajstić information content (AvgIpc) is 3.11. The highest BCUT2D eigenvalue weighted by Gasteiger charge is 2.23. The Bertz CT molecular complexity index is 977. The molecule has 0 bridgehead atoms. The van der Waals surface area contributed by atoms with E-state index in [4.69, 9.17) is 0 Å². The third kappa shape index (κ3) is 3.42. The molecule has 7 nitrogen and oxygen atoms in total. The second-order valence-corrected chi connectivity index (χ2v) is 6.46. The van der Waals surface area contributed by atoms with Crippen LogP contribution in [0.3, 0.4) is 0 Å². The summed E-state index contributed by atoms with van der Waals surface area (Å²) in [5, 5.41) is 11.0. The summed E-state index contributed by atoms with van der Waals surface area (Å²) in [7, 11) is 0. The van der Waals surface area contributed by atoms with Crippen molar-refractivity contribution in [3.63, 3.8) is 0 Å². The molecular formula is C19H19N5O2. The van der Waals surface area contributed by atoms with Gasteiger partial charge in [0.1, 0.15) is 0 Å². The van der Waals surface area contributed by atoms with Gasteiger partial charge in [-0.05, 0) is 36.5 Å². The van der Waals surface area contributed by atoms with Crippen LogP contribution in [0.1, 0.15) is 46.2 Å². The molecule has 2 N–H and O–H groups in total. The van der Waals surface area contributed by atoms with E-state index < -0.39 is 0 Å². The highest BCUT2D eigenvalue weighted by atomic mass is 16.2. The molecule has 1 aliphatic carbocycles. The topological polar surface area (TPSA) is 92.7 Å². The first-order valence-electron chi connectivity index (χ1n) is 8.66. The van der Waals surface area contributed by atoms with Crippen molar-refractivity contribution in [2.45, 2.75) is 31.8 Å². The smallest absolute Gasteiger partial charge is 0.273 e. The van der Waals surface area contributed by atoms with Gasteiger partial charge in [-0.1, -0.05) is 35.5 Å². The monoisotopic (exact) mass is 349 g/mol. The molecule has 0 fully saturated rings. The Hall–Kier alpha value is -3.22. The molecule has 1 atom stereocenters. The summed E-state index contributed by atoms with van der Waals surface area (Å²) in [5.41, 5.74) is 3.15. The van der Waals surface area contributed by atoms with E-state index in [1.807, 2.05) is 30.3 Å². The summed E-state index contributed by atoms with van der Waals surface area (Å²) >= 11 is 0. The lowest BCUT2D eigenvalue weighted by Crippen LogP contribution is -2.32. The van der Waals surface area contributed by atoms with E-state index in [-0.39, 0.29) is 23.2 Å². The number of nitrogens with zero attached hydrogens (tertiary/aromatic N) is 3. The predicted molar refractivity (Wildman–Crippen MR) is 95.8 cm³/mol. The van der Waals surface area contributed by atoms with Crippen LogP contribution in [0.4, 0.5) is 0 Å². The van der Waals surface area contributed by atoms with E-state index in [1.165, 1.54) is 6.07 Å². The van der Waals surface area contributed by atoms with Gasteiger partial charge in [0.2, 0.25) is 5.56 Å². The zero-order valence-electron chi connectivity index (χ0n) is 14.2. The number of carbonyl (C=O) groups excluding carboxylic acids is 1. The number of carbonyl (C=O) groups is 1. The maximum absolute atomic E-state index is 12.6. The van der Waals surface area contributed by atoms with E-state index in [0.29, 0.717) is 6.54 Å². The van der Waals surface area contributed by atoms with Crippen molar-refractivity contribution in [2.24, 2.45) is 0 Å². The Morgan fingerprint density at radius 2 is 2.08 bits per heavy atom. The Morgan fingerprint density at radius 1 is 1.23 bits per heavy atom. The average molecular weight is 349 g/mol. The summed E-state index contributed by atoms with van der Waals surface area (Å²) in [6.07, 6.45) is 4.23. The largest absolute Gasteiger partial charge is 0.344 e. The van der Waals surface area contributed by atoms with Crippen molar-refractivity contribution >= 4 is 5.91 Å². The normalized spacial score (nSPS) is 16.1. The van der Waals surface area contributed by atoms with Gasteiger partial charge in [0.05, 0.1) is 18.8 Å². The number of hydrogen-bond donors (Lipinski definition) is 2. The number of H-pyrrole nitrogens is 1. The van der Waals surface area contributed by atoms with Crippen molar-refractivity contribution < 1.29 is 4.79 Å². The minimum atomic E-state index is -0.256. The molecule has 0 aliphatic heterocycles. The molecule has 0 unspecified atom stereocenters. The standard InChI is InChI=1S/C19H19N5O2/c25-18-10-9-14-15(20-18)7-4-8-16(14)21-19(26)17-12-24(23-22-17)11-13-5-2-1-3-6-13/h1-3,5-6,9-10,12,16H,4,7-8,11H2,(H,20,25)(H,21,26)/t16-/m1/s1. The highest BCUT2D eigenvalue weighted by Crippen LogP contribution is 2.27. The molecule has 0 saturated carbocycles. The third-order valence-electron chi connectivity index (χ3n) is 4.60. The number of pyridine rings is 1. The summed E-state index contributed by atoms with van der Waals surface area (Å²) < 4.78 is 1.65. The number of rotatable bonds is 4. The molecule has 1 aliphatic rings. The SMILES string of the molecule is O=C(N[C@@H]1CCCc2[nH]c(=O)ccc21)c1cn(Cc2ccccc2)nn1. The fourth-order valence-corrected chi connectivity index (χ4v) is 3.33. The first-order valence-corrected chi connectivity index (χ1v) is 8.66. The first kappa shape index (κ1) is 16.3. The number of nitrogens with one attached hydrogen (secondary N) is 2. The fourth-order valence-electron chi connectivity index (χ4n) is 3.33. The molecule has 1 aromatic carbocycles. The lowest BCUT2D eigenvalue weighted by molar-refractivity contribution is 0.0927. The maximum Gasteiger partial charge on any atom is 0.273 e. The molecule has 0 spiro atoms. The third-order valence-corrected chi connectivity index (χ3v) is 4.60. The Labute approximate surface area is 150 Å². The van der Waals surface area contributed by atoms with Gasteiger partial charge in [-0.3, -0.25) is 9.59 Å². The number of aromatic amines is 1. The molecule has 0 radical (unpaired) electrons.